The van der Waals surface area contributed by atoms with Gasteiger partial charge in [-0.15, -0.1) is 0 Å². The van der Waals surface area contributed by atoms with Crippen molar-refractivity contribution in [2.45, 2.75) is 46.1 Å². The van der Waals surface area contributed by atoms with Crippen LogP contribution in [0.5, 0.6) is 0 Å². The lowest BCUT2D eigenvalue weighted by molar-refractivity contribution is 0.624. The van der Waals surface area contributed by atoms with Crippen LogP contribution in [0.3, 0.4) is 0 Å². The Balaban J connectivity index is 2.38. The Kier molecular flexibility index (Phi) is 5.51. The van der Waals surface area contributed by atoms with E-state index in [4.69, 9.17) is 0 Å². The van der Waals surface area contributed by atoms with Crippen molar-refractivity contribution in [3.05, 3.63) is 65.0 Å². The largest absolute Gasteiger partial charge is 0.307 e. The van der Waals surface area contributed by atoms with E-state index in [9.17, 15) is 0 Å². The summed E-state index contributed by atoms with van der Waals surface area (Å²) in [5, 5.41) is 3.61. The van der Waals surface area contributed by atoms with Gasteiger partial charge in [0, 0.05) is 12.4 Å². The van der Waals surface area contributed by atoms with E-state index < -0.39 is 0 Å². The average Bonchev–Trinajstić information content (AvgIpc) is 2.52. The summed E-state index contributed by atoms with van der Waals surface area (Å²) in [5.74, 6) is 0.573. The van der Waals surface area contributed by atoms with Crippen LogP contribution < -0.4 is 5.32 Å². The van der Waals surface area contributed by atoms with Crippen LogP contribution in [0.1, 0.15) is 61.9 Å². The first kappa shape index (κ1) is 15.7. The lowest BCUT2D eigenvalue weighted by atomic mass is 9.92. The lowest BCUT2D eigenvalue weighted by Gasteiger charge is -2.22. The van der Waals surface area contributed by atoms with Gasteiger partial charge in [0.05, 0.1) is 6.04 Å². The van der Waals surface area contributed by atoms with E-state index in [0.717, 1.165) is 13.0 Å². The molecule has 21 heavy (non-hydrogen) atoms. The Bertz CT molecular complexity index is 558. The van der Waals surface area contributed by atoms with Crippen molar-refractivity contribution in [3.8, 4) is 0 Å². The van der Waals surface area contributed by atoms with Crippen molar-refractivity contribution >= 4 is 0 Å². The van der Waals surface area contributed by atoms with Gasteiger partial charge in [-0.05, 0) is 47.2 Å². The number of nitrogens with zero attached hydrogens (tertiary/aromatic N) is 1. The molecular weight excluding hydrogens is 256 g/mol. The summed E-state index contributed by atoms with van der Waals surface area (Å²) < 4.78 is 0. The second-order valence-electron chi connectivity index (χ2n) is 5.74. The molecule has 2 rings (SSSR count). The molecule has 2 nitrogen and oxygen atoms in total. The second-order valence-corrected chi connectivity index (χ2v) is 5.74. The number of aromatic nitrogens is 1. The average molecular weight is 282 g/mol. The van der Waals surface area contributed by atoms with E-state index in [1.54, 1.807) is 0 Å². The molecule has 0 radical (unpaired) electrons. The van der Waals surface area contributed by atoms with Crippen molar-refractivity contribution in [2.24, 2.45) is 0 Å². The van der Waals surface area contributed by atoms with Crippen LogP contribution in [-0.2, 0) is 6.42 Å². The van der Waals surface area contributed by atoms with Crippen LogP contribution in [0, 0.1) is 0 Å². The Labute approximate surface area is 128 Å². The minimum Gasteiger partial charge on any atom is -0.307 e. The molecule has 1 unspecified atom stereocenters. The molecule has 0 bridgehead atoms. The molecule has 1 aromatic heterocycles. The van der Waals surface area contributed by atoms with Gasteiger partial charge in [0.15, 0.2) is 0 Å². The Morgan fingerprint density at radius 2 is 1.67 bits per heavy atom. The fraction of sp³-hybridized carbons (Fsp3) is 0.421. The van der Waals surface area contributed by atoms with Crippen LogP contribution in [0.25, 0.3) is 0 Å². The third-order valence-electron chi connectivity index (χ3n) is 3.98. The zero-order valence-electron chi connectivity index (χ0n) is 13.6. The molecule has 0 amide bonds. The molecule has 0 saturated carbocycles. The molecule has 0 aliphatic rings. The number of hydrogen-bond donors (Lipinski definition) is 1. The van der Waals surface area contributed by atoms with Gasteiger partial charge in [-0.25, -0.2) is 0 Å². The fourth-order valence-corrected chi connectivity index (χ4v) is 2.70. The molecule has 1 atom stereocenters. The van der Waals surface area contributed by atoms with Crippen molar-refractivity contribution in [1.82, 2.24) is 10.3 Å². The highest BCUT2D eigenvalue weighted by Gasteiger charge is 2.16. The summed E-state index contributed by atoms with van der Waals surface area (Å²) in [6, 6.07) is 11.4. The van der Waals surface area contributed by atoms with Gasteiger partial charge >= 0.3 is 0 Å². The van der Waals surface area contributed by atoms with Crippen molar-refractivity contribution < 1.29 is 0 Å². The predicted octanol–water partition coefficient (Wildman–Crippen LogP) is 4.47. The van der Waals surface area contributed by atoms with Gasteiger partial charge in [0.1, 0.15) is 0 Å². The minimum absolute atomic E-state index is 0.245. The predicted molar refractivity (Wildman–Crippen MR) is 89.7 cm³/mol. The van der Waals surface area contributed by atoms with Gasteiger partial charge in [0.2, 0.25) is 0 Å². The van der Waals surface area contributed by atoms with E-state index in [0.29, 0.717) is 5.92 Å². The smallest absolute Gasteiger partial charge is 0.0580 e. The first-order chi connectivity index (χ1) is 10.2. The maximum atomic E-state index is 4.26. The van der Waals surface area contributed by atoms with Crippen LogP contribution in [-0.4, -0.2) is 11.5 Å². The van der Waals surface area contributed by atoms with Crippen LogP contribution in [0.15, 0.2) is 42.7 Å². The van der Waals surface area contributed by atoms with Gasteiger partial charge < -0.3 is 5.32 Å². The Hall–Kier alpha value is -1.67. The molecule has 1 N–H and O–H groups in total. The zero-order chi connectivity index (χ0) is 15.2. The number of hydrogen-bond acceptors (Lipinski definition) is 2. The molecule has 1 heterocycles. The number of nitrogens with one attached hydrogen (secondary N) is 1. The summed E-state index contributed by atoms with van der Waals surface area (Å²) in [4.78, 5) is 4.26. The zero-order valence-corrected chi connectivity index (χ0v) is 13.6. The highest BCUT2D eigenvalue weighted by atomic mass is 14.9. The molecule has 2 aromatic rings. The van der Waals surface area contributed by atoms with E-state index in [1.165, 1.54) is 22.3 Å². The van der Waals surface area contributed by atoms with Crippen LogP contribution in [0.2, 0.25) is 0 Å². The number of benzene rings is 1. The van der Waals surface area contributed by atoms with Crippen LogP contribution in [0.4, 0.5) is 0 Å². The normalized spacial score (nSPS) is 12.6. The molecule has 0 aliphatic heterocycles. The van der Waals surface area contributed by atoms with Crippen molar-refractivity contribution in [3.63, 3.8) is 0 Å². The summed E-state index contributed by atoms with van der Waals surface area (Å²) in [6.07, 6.45) is 4.89. The monoisotopic (exact) mass is 282 g/mol. The Morgan fingerprint density at radius 3 is 2.24 bits per heavy atom. The topological polar surface area (TPSA) is 24.9 Å². The SMILES string of the molecule is CCNC(c1ccc(C(C)C)cc1)c1ccncc1CC. The maximum Gasteiger partial charge on any atom is 0.0580 e. The maximum absolute atomic E-state index is 4.26. The third-order valence-corrected chi connectivity index (χ3v) is 3.98. The van der Waals surface area contributed by atoms with Gasteiger partial charge in [0.25, 0.3) is 0 Å². The second kappa shape index (κ2) is 7.37. The first-order valence-corrected chi connectivity index (χ1v) is 7.93. The highest BCUT2D eigenvalue weighted by Crippen LogP contribution is 2.26. The quantitative estimate of drug-likeness (QED) is 0.845. The minimum atomic E-state index is 0.245. The fourth-order valence-electron chi connectivity index (χ4n) is 2.70. The summed E-state index contributed by atoms with van der Waals surface area (Å²) in [7, 11) is 0. The van der Waals surface area contributed by atoms with E-state index in [-0.39, 0.29) is 6.04 Å². The highest BCUT2D eigenvalue weighted by molar-refractivity contribution is 5.37. The van der Waals surface area contributed by atoms with Gasteiger partial charge in [-0.2, -0.15) is 0 Å². The van der Waals surface area contributed by atoms with Gasteiger partial charge in [-0.3, -0.25) is 4.98 Å². The molecule has 0 spiro atoms. The molecule has 0 saturated heterocycles. The summed E-state index contributed by atoms with van der Waals surface area (Å²) in [6.45, 7) is 9.75. The molecule has 112 valence electrons. The summed E-state index contributed by atoms with van der Waals surface area (Å²) >= 11 is 0. The molecule has 2 heteroatoms. The number of aryl methyl sites for hydroxylation is 1. The van der Waals surface area contributed by atoms with E-state index in [1.807, 2.05) is 12.4 Å². The Morgan fingerprint density at radius 1 is 1.00 bits per heavy atom. The standard InChI is InChI=1S/C19H26N2/c1-5-15-13-20-12-11-18(15)19(21-6-2)17-9-7-16(8-10-17)14(3)4/h7-14,19,21H,5-6H2,1-4H3. The molecule has 0 fully saturated rings. The molecule has 0 aliphatic carbocycles. The van der Waals surface area contributed by atoms with E-state index in [2.05, 4.69) is 68.3 Å². The van der Waals surface area contributed by atoms with Crippen LogP contribution >= 0.6 is 0 Å². The number of pyridine rings is 1. The third kappa shape index (κ3) is 3.70. The number of rotatable bonds is 6. The van der Waals surface area contributed by atoms with Gasteiger partial charge in [-0.1, -0.05) is 52.0 Å². The summed E-state index contributed by atoms with van der Waals surface area (Å²) in [5.41, 5.74) is 5.37. The van der Waals surface area contributed by atoms with Crippen molar-refractivity contribution in [1.29, 1.82) is 0 Å². The first-order valence-electron chi connectivity index (χ1n) is 7.93. The van der Waals surface area contributed by atoms with E-state index >= 15 is 0 Å². The molecular formula is C19H26N2. The lowest BCUT2D eigenvalue weighted by Crippen LogP contribution is -2.23. The van der Waals surface area contributed by atoms with Crippen molar-refractivity contribution in [2.75, 3.05) is 6.54 Å². The molecule has 1 aromatic carbocycles.